The molecule has 204 valence electrons. The summed E-state index contributed by atoms with van der Waals surface area (Å²) < 4.78 is 57.0. The van der Waals surface area contributed by atoms with Crippen molar-refractivity contribution in [2.45, 2.75) is 31.5 Å². The smallest absolute Gasteiger partial charge is 0.382 e. The number of aromatic amines is 1. The number of benzene rings is 1. The molecule has 0 bridgehead atoms. The lowest BCUT2D eigenvalue weighted by Crippen LogP contribution is -2.25. The molecule has 0 amide bonds. The van der Waals surface area contributed by atoms with E-state index in [4.69, 9.17) is 17.3 Å². The van der Waals surface area contributed by atoms with Crippen molar-refractivity contribution in [2.24, 2.45) is 0 Å². The van der Waals surface area contributed by atoms with Crippen molar-refractivity contribution in [1.82, 2.24) is 44.5 Å². The minimum atomic E-state index is -4.76. The van der Waals surface area contributed by atoms with Crippen molar-refractivity contribution < 1.29 is 17.6 Å². The highest BCUT2D eigenvalue weighted by Crippen LogP contribution is 2.39. The number of aromatic nitrogens is 9. The summed E-state index contributed by atoms with van der Waals surface area (Å²) in [4.78, 5) is 33.8. The predicted molar refractivity (Wildman–Crippen MR) is 134 cm³/mol. The second kappa shape index (κ2) is 9.22. The zero-order valence-corrected chi connectivity index (χ0v) is 21.1. The Labute approximate surface area is 226 Å². The van der Waals surface area contributed by atoms with Crippen molar-refractivity contribution >= 4 is 17.4 Å². The number of halogens is 5. The van der Waals surface area contributed by atoms with Crippen molar-refractivity contribution in [2.75, 3.05) is 5.73 Å². The van der Waals surface area contributed by atoms with Crippen LogP contribution in [0, 0.1) is 5.82 Å². The molecule has 1 unspecified atom stereocenters. The number of hydrogen-bond acceptors (Lipinski definition) is 8. The summed E-state index contributed by atoms with van der Waals surface area (Å²) in [5, 5.41) is 6.32. The Kier molecular flexibility index (Phi) is 5.90. The number of rotatable bonds is 4. The Morgan fingerprint density at radius 1 is 1.12 bits per heavy atom. The van der Waals surface area contributed by atoms with E-state index in [2.05, 4.69) is 35.2 Å². The van der Waals surface area contributed by atoms with Crippen molar-refractivity contribution in [1.29, 1.82) is 0 Å². The zero-order valence-electron chi connectivity index (χ0n) is 20.4. The fourth-order valence-corrected chi connectivity index (χ4v) is 4.83. The van der Waals surface area contributed by atoms with Crippen LogP contribution in [0.15, 0.2) is 47.8 Å². The van der Waals surface area contributed by atoms with E-state index < -0.39 is 29.3 Å². The highest BCUT2D eigenvalue weighted by molar-refractivity contribution is 6.31. The van der Waals surface area contributed by atoms with E-state index in [1.54, 1.807) is 6.20 Å². The first-order chi connectivity index (χ1) is 19.0. The lowest BCUT2D eigenvalue weighted by molar-refractivity contribution is -0.141. The number of fused-ring (bicyclic) bond motifs is 1. The fourth-order valence-electron chi connectivity index (χ4n) is 4.68. The van der Waals surface area contributed by atoms with Crippen molar-refractivity contribution in [3.05, 3.63) is 81.5 Å². The van der Waals surface area contributed by atoms with Crippen molar-refractivity contribution in [3.8, 4) is 28.3 Å². The third-order valence-corrected chi connectivity index (χ3v) is 6.82. The van der Waals surface area contributed by atoms with Crippen LogP contribution in [0.5, 0.6) is 0 Å². The molecule has 0 radical (unpaired) electrons. The van der Waals surface area contributed by atoms with Gasteiger partial charge in [0.1, 0.15) is 23.2 Å². The van der Waals surface area contributed by atoms with Gasteiger partial charge in [-0.15, -0.1) is 5.10 Å². The maximum Gasteiger partial charge on any atom is 0.436 e. The number of nitrogens with zero attached hydrogens (tertiary/aromatic N) is 8. The second-order valence-electron chi connectivity index (χ2n) is 9.17. The molecule has 5 heterocycles. The SMILES string of the molecule is CC1C[C@H](c2ncc(-c3cnc(N)cn3)[nH]2)n2c1nc(-c1c(-n3cc(C(F)(F)F)nn3)ccc(Cl)c1F)cc2=O. The minimum Gasteiger partial charge on any atom is -0.382 e. The first-order valence-electron chi connectivity index (χ1n) is 11.8. The molecule has 3 N–H and O–H groups in total. The summed E-state index contributed by atoms with van der Waals surface area (Å²) in [6.07, 6.45) is 0.767. The lowest BCUT2D eigenvalue weighted by atomic mass is 10.1. The van der Waals surface area contributed by atoms with Gasteiger partial charge in [-0.05, 0) is 18.6 Å². The Balaban J connectivity index is 1.43. The second-order valence-corrected chi connectivity index (χ2v) is 9.58. The first-order valence-corrected chi connectivity index (χ1v) is 12.1. The van der Waals surface area contributed by atoms with Crippen LogP contribution in [-0.4, -0.2) is 44.5 Å². The average molecular weight is 573 g/mol. The molecular formula is C24H17ClF4N10O. The maximum atomic E-state index is 15.4. The molecule has 0 aliphatic carbocycles. The number of anilines is 1. The van der Waals surface area contributed by atoms with Crippen LogP contribution in [0.4, 0.5) is 23.4 Å². The third-order valence-electron chi connectivity index (χ3n) is 6.53. The molecule has 1 aromatic carbocycles. The van der Waals surface area contributed by atoms with Gasteiger partial charge < -0.3 is 10.7 Å². The van der Waals surface area contributed by atoms with E-state index in [-0.39, 0.29) is 33.7 Å². The largest absolute Gasteiger partial charge is 0.436 e. The Hall–Kier alpha value is -4.66. The van der Waals surface area contributed by atoms with Gasteiger partial charge in [0.2, 0.25) is 0 Å². The maximum absolute atomic E-state index is 15.4. The van der Waals surface area contributed by atoms with Gasteiger partial charge in [0, 0.05) is 12.0 Å². The molecule has 11 nitrogen and oxygen atoms in total. The summed E-state index contributed by atoms with van der Waals surface area (Å²) in [6.45, 7) is 1.85. The average Bonchev–Trinajstić information content (AvgIpc) is 3.65. The molecule has 0 saturated carbocycles. The Morgan fingerprint density at radius 2 is 1.93 bits per heavy atom. The van der Waals surface area contributed by atoms with Gasteiger partial charge in [0.15, 0.2) is 11.5 Å². The molecule has 1 aliphatic rings. The number of H-pyrrole nitrogens is 1. The summed E-state index contributed by atoms with van der Waals surface area (Å²) in [5.41, 5.74) is 4.37. The third kappa shape index (κ3) is 4.27. The van der Waals surface area contributed by atoms with E-state index in [9.17, 15) is 18.0 Å². The first kappa shape index (κ1) is 25.6. The summed E-state index contributed by atoms with van der Waals surface area (Å²) in [5.74, 6) is -0.135. The standard InChI is InChI=1S/C24H17ClF4N10O/c1-10-4-16(22-33-7-14(34-22)13-6-32-18(30)8-31-13)39-19(40)5-12(35-23(10)39)20-15(3-2-11(25)21(20)26)38-9-17(36-37-38)24(27,28)29/h2-3,5-10,16H,4H2,1H3,(H2,30,32)(H,33,34)/t10?,16-/m1/s1. The van der Waals surface area contributed by atoms with E-state index in [0.717, 1.165) is 10.7 Å². The van der Waals surface area contributed by atoms with Gasteiger partial charge in [-0.1, -0.05) is 23.7 Å². The van der Waals surface area contributed by atoms with Gasteiger partial charge in [-0.3, -0.25) is 9.36 Å². The number of alkyl halides is 3. The molecule has 0 fully saturated rings. The van der Waals surface area contributed by atoms with Crippen LogP contribution < -0.4 is 11.3 Å². The molecule has 1 aliphatic heterocycles. The van der Waals surface area contributed by atoms with E-state index in [0.29, 0.717) is 35.7 Å². The van der Waals surface area contributed by atoms with Crippen LogP contribution in [-0.2, 0) is 6.18 Å². The number of nitrogen functional groups attached to an aromatic ring is 1. The van der Waals surface area contributed by atoms with Gasteiger partial charge in [0.05, 0.1) is 58.5 Å². The van der Waals surface area contributed by atoms with Crippen LogP contribution in [0.1, 0.15) is 42.6 Å². The normalized spacial score (nSPS) is 16.9. The van der Waals surface area contributed by atoms with Gasteiger partial charge in [-0.2, -0.15) is 13.2 Å². The molecule has 0 spiro atoms. The highest BCUT2D eigenvalue weighted by atomic mass is 35.5. The number of hydrogen-bond donors (Lipinski definition) is 2. The monoisotopic (exact) mass is 572 g/mol. The van der Waals surface area contributed by atoms with Crippen LogP contribution in [0.2, 0.25) is 5.02 Å². The molecule has 6 rings (SSSR count). The quantitative estimate of drug-likeness (QED) is 0.305. The van der Waals surface area contributed by atoms with Crippen LogP contribution in [0.3, 0.4) is 0 Å². The summed E-state index contributed by atoms with van der Waals surface area (Å²) in [6, 6.07) is 3.04. The lowest BCUT2D eigenvalue weighted by Gasteiger charge is -2.15. The zero-order chi connectivity index (χ0) is 28.3. The van der Waals surface area contributed by atoms with E-state index >= 15 is 4.39 Å². The molecule has 5 aromatic rings. The molecule has 4 aromatic heterocycles. The number of nitrogens with one attached hydrogen (secondary N) is 1. The molecule has 2 atom stereocenters. The summed E-state index contributed by atoms with van der Waals surface area (Å²) in [7, 11) is 0. The highest BCUT2D eigenvalue weighted by Gasteiger charge is 2.36. The van der Waals surface area contributed by atoms with E-state index in [1.165, 1.54) is 29.1 Å². The predicted octanol–water partition coefficient (Wildman–Crippen LogP) is 4.16. The topological polar surface area (TPSA) is 146 Å². The number of nitrogens with two attached hydrogens (primary N) is 1. The fraction of sp³-hybridized carbons (Fsp3) is 0.208. The van der Waals surface area contributed by atoms with Gasteiger partial charge in [0.25, 0.3) is 5.56 Å². The van der Waals surface area contributed by atoms with E-state index in [1.807, 2.05) is 6.92 Å². The van der Waals surface area contributed by atoms with Gasteiger partial charge in [-0.25, -0.2) is 29.0 Å². The van der Waals surface area contributed by atoms with Gasteiger partial charge >= 0.3 is 6.18 Å². The summed E-state index contributed by atoms with van der Waals surface area (Å²) >= 11 is 6.01. The molecular weight excluding hydrogens is 556 g/mol. The number of imidazole rings is 1. The minimum absolute atomic E-state index is 0.111. The molecule has 40 heavy (non-hydrogen) atoms. The Morgan fingerprint density at radius 3 is 2.62 bits per heavy atom. The van der Waals surface area contributed by atoms with Crippen molar-refractivity contribution in [3.63, 3.8) is 0 Å². The van der Waals surface area contributed by atoms with Crippen LogP contribution in [0.25, 0.3) is 28.3 Å². The van der Waals surface area contributed by atoms with Crippen LogP contribution >= 0.6 is 11.6 Å². The molecule has 16 heteroatoms. The Bertz CT molecular complexity index is 1810. The molecule has 0 saturated heterocycles.